The van der Waals surface area contributed by atoms with Crippen molar-refractivity contribution in [2.24, 2.45) is 11.8 Å². The maximum atomic E-state index is 12.1. The number of amides is 1. The molecule has 2 aliphatic heterocycles. The van der Waals surface area contributed by atoms with Gasteiger partial charge < -0.3 is 15.4 Å². The van der Waals surface area contributed by atoms with Crippen LogP contribution in [0.1, 0.15) is 44.1 Å². The van der Waals surface area contributed by atoms with E-state index in [9.17, 15) is 4.79 Å². The van der Waals surface area contributed by atoms with Crippen LogP contribution in [0.5, 0.6) is 5.75 Å². The largest absolute Gasteiger partial charge is 0.497 e. The van der Waals surface area contributed by atoms with Crippen molar-refractivity contribution in [3.63, 3.8) is 0 Å². The summed E-state index contributed by atoms with van der Waals surface area (Å²) in [6, 6.07) is 8.35. The Hall–Kier alpha value is -1.01. The second-order valence-corrected chi connectivity index (χ2v) is 8.10. The lowest BCUT2D eigenvalue weighted by Crippen LogP contribution is -2.38. The summed E-state index contributed by atoms with van der Waals surface area (Å²) in [5, 5.41) is 6.57. The lowest BCUT2D eigenvalue weighted by molar-refractivity contribution is -0.121. The van der Waals surface area contributed by atoms with Gasteiger partial charge in [0.05, 0.1) is 7.11 Å². The second-order valence-electron chi connectivity index (χ2n) is 8.10. The molecule has 1 aromatic rings. The molecule has 7 heteroatoms. The lowest BCUT2D eigenvalue weighted by Gasteiger charge is -2.32. The fourth-order valence-electron chi connectivity index (χ4n) is 4.19. The summed E-state index contributed by atoms with van der Waals surface area (Å²) in [5.74, 6) is 2.51. The zero-order chi connectivity index (χ0) is 18.9. The zero-order valence-electron chi connectivity index (χ0n) is 17.5. The van der Waals surface area contributed by atoms with Gasteiger partial charge in [-0.25, -0.2) is 0 Å². The first-order chi connectivity index (χ1) is 13.2. The van der Waals surface area contributed by atoms with E-state index in [0.717, 1.165) is 57.4 Å². The van der Waals surface area contributed by atoms with Gasteiger partial charge in [-0.2, -0.15) is 0 Å². The molecule has 29 heavy (non-hydrogen) atoms. The standard InChI is InChI=1S/C22H35N3O2.2ClH/c1-27-21-5-2-20(3-6-21)17-25-14-10-19(11-15-25)16-24-22(26)7-4-18-8-12-23-13-9-18;;/h2-3,5-6,18-19,23H,4,7-17H2,1H3,(H,24,26);2*1H. The highest BCUT2D eigenvalue weighted by Gasteiger charge is 2.20. The maximum Gasteiger partial charge on any atom is 0.220 e. The molecule has 0 radical (unpaired) electrons. The third-order valence-electron chi connectivity index (χ3n) is 6.10. The normalized spacial score (nSPS) is 18.4. The summed E-state index contributed by atoms with van der Waals surface area (Å²) < 4.78 is 5.22. The molecule has 0 aliphatic carbocycles. The highest BCUT2D eigenvalue weighted by Crippen LogP contribution is 2.20. The predicted molar refractivity (Wildman–Crippen MR) is 123 cm³/mol. The number of likely N-dealkylation sites (tertiary alicyclic amines) is 1. The quantitative estimate of drug-likeness (QED) is 0.640. The molecule has 0 aromatic heterocycles. The number of nitrogens with zero attached hydrogens (tertiary/aromatic N) is 1. The first kappa shape index (κ1) is 26.0. The number of hydrogen-bond acceptors (Lipinski definition) is 4. The van der Waals surface area contributed by atoms with Crippen molar-refractivity contribution in [1.29, 1.82) is 0 Å². The number of nitrogens with one attached hydrogen (secondary N) is 2. The molecule has 2 heterocycles. The molecule has 1 aromatic carbocycles. The summed E-state index contributed by atoms with van der Waals surface area (Å²) in [4.78, 5) is 14.6. The van der Waals surface area contributed by atoms with Crippen LogP contribution in [0.15, 0.2) is 24.3 Å². The molecule has 2 saturated heterocycles. The van der Waals surface area contributed by atoms with Crippen LogP contribution in [0, 0.1) is 11.8 Å². The number of carbonyl (C=O) groups excluding carboxylic acids is 1. The number of carbonyl (C=O) groups is 1. The summed E-state index contributed by atoms with van der Waals surface area (Å²) in [6.45, 7) is 6.30. The van der Waals surface area contributed by atoms with Gasteiger partial charge in [0, 0.05) is 19.5 Å². The summed E-state index contributed by atoms with van der Waals surface area (Å²) >= 11 is 0. The van der Waals surface area contributed by atoms with Crippen LogP contribution in [0.4, 0.5) is 0 Å². The first-order valence-electron chi connectivity index (χ1n) is 10.6. The topological polar surface area (TPSA) is 53.6 Å². The average Bonchev–Trinajstić information content (AvgIpc) is 2.73. The van der Waals surface area contributed by atoms with Crippen LogP contribution in [0.3, 0.4) is 0 Å². The van der Waals surface area contributed by atoms with E-state index in [1.807, 2.05) is 12.1 Å². The summed E-state index contributed by atoms with van der Waals surface area (Å²) in [7, 11) is 1.70. The van der Waals surface area contributed by atoms with Crippen LogP contribution in [-0.4, -0.2) is 50.6 Å². The third-order valence-corrected chi connectivity index (χ3v) is 6.10. The first-order valence-corrected chi connectivity index (χ1v) is 10.6. The van der Waals surface area contributed by atoms with Gasteiger partial charge in [0.1, 0.15) is 5.75 Å². The van der Waals surface area contributed by atoms with E-state index >= 15 is 0 Å². The molecule has 1 amide bonds. The molecule has 2 aliphatic rings. The Kier molecular flexibility index (Phi) is 12.6. The van der Waals surface area contributed by atoms with E-state index in [2.05, 4.69) is 27.7 Å². The number of halogens is 2. The SMILES string of the molecule is COc1ccc(CN2CCC(CNC(=O)CCC3CCNCC3)CC2)cc1.Cl.Cl. The van der Waals surface area contributed by atoms with Crippen molar-refractivity contribution in [2.75, 3.05) is 39.8 Å². The van der Waals surface area contributed by atoms with E-state index in [1.54, 1.807) is 7.11 Å². The van der Waals surface area contributed by atoms with Crippen molar-refractivity contribution < 1.29 is 9.53 Å². The summed E-state index contributed by atoms with van der Waals surface area (Å²) in [6.07, 6.45) is 6.53. The van der Waals surface area contributed by atoms with Crippen molar-refractivity contribution in [3.8, 4) is 5.75 Å². The van der Waals surface area contributed by atoms with Crippen LogP contribution >= 0.6 is 24.8 Å². The molecule has 5 nitrogen and oxygen atoms in total. The van der Waals surface area contributed by atoms with Crippen LogP contribution in [0.25, 0.3) is 0 Å². The van der Waals surface area contributed by atoms with Gasteiger partial charge in [0.25, 0.3) is 0 Å². The highest BCUT2D eigenvalue weighted by molar-refractivity contribution is 5.85. The van der Waals surface area contributed by atoms with Gasteiger partial charge in [0.2, 0.25) is 5.91 Å². The molecule has 3 rings (SSSR count). The van der Waals surface area contributed by atoms with E-state index in [4.69, 9.17) is 4.74 Å². The molecule has 166 valence electrons. The van der Waals surface area contributed by atoms with Gasteiger partial charge in [-0.05, 0) is 87.8 Å². The van der Waals surface area contributed by atoms with Crippen molar-refractivity contribution >= 4 is 30.7 Å². The number of piperidine rings is 2. The predicted octanol–water partition coefficient (Wildman–Crippen LogP) is 3.65. The van der Waals surface area contributed by atoms with Crippen molar-refractivity contribution in [3.05, 3.63) is 29.8 Å². The minimum atomic E-state index is 0. The van der Waals surface area contributed by atoms with Crippen LogP contribution in [-0.2, 0) is 11.3 Å². The molecule has 2 N–H and O–H groups in total. The molecule has 0 unspecified atom stereocenters. The second kappa shape index (κ2) is 14.1. The fourth-order valence-corrected chi connectivity index (χ4v) is 4.19. The summed E-state index contributed by atoms with van der Waals surface area (Å²) in [5.41, 5.74) is 1.33. The van der Waals surface area contributed by atoms with E-state index < -0.39 is 0 Å². The van der Waals surface area contributed by atoms with Crippen molar-refractivity contribution in [1.82, 2.24) is 15.5 Å². The van der Waals surface area contributed by atoms with E-state index in [1.165, 1.54) is 31.2 Å². The molecule has 2 fully saturated rings. The van der Waals surface area contributed by atoms with Gasteiger partial charge in [-0.3, -0.25) is 9.69 Å². The number of hydrogen-bond donors (Lipinski definition) is 2. The Morgan fingerprint density at radius 1 is 1.07 bits per heavy atom. The lowest BCUT2D eigenvalue weighted by atomic mass is 9.93. The monoisotopic (exact) mass is 445 g/mol. The number of rotatable bonds is 8. The number of benzene rings is 1. The number of ether oxygens (including phenoxy) is 1. The highest BCUT2D eigenvalue weighted by atomic mass is 35.5. The molecular weight excluding hydrogens is 409 g/mol. The average molecular weight is 446 g/mol. The Labute approximate surface area is 188 Å². The smallest absolute Gasteiger partial charge is 0.220 e. The maximum absolute atomic E-state index is 12.1. The Balaban J connectivity index is 0.00000210. The van der Waals surface area contributed by atoms with Crippen LogP contribution in [0.2, 0.25) is 0 Å². The number of methoxy groups -OCH3 is 1. The van der Waals surface area contributed by atoms with Gasteiger partial charge >= 0.3 is 0 Å². The van der Waals surface area contributed by atoms with Gasteiger partial charge in [-0.15, -0.1) is 24.8 Å². The molecular formula is C22H37Cl2N3O2. The molecule has 0 saturated carbocycles. The fraction of sp³-hybridized carbons (Fsp3) is 0.682. The zero-order valence-corrected chi connectivity index (χ0v) is 19.2. The van der Waals surface area contributed by atoms with E-state index in [0.29, 0.717) is 12.3 Å². The Morgan fingerprint density at radius 2 is 1.72 bits per heavy atom. The Bertz CT molecular complexity index is 572. The van der Waals surface area contributed by atoms with Gasteiger partial charge in [0.15, 0.2) is 0 Å². The van der Waals surface area contributed by atoms with Crippen LogP contribution < -0.4 is 15.4 Å². The van der Waals surface area contributed by atoms with Crippen molar-refractivity contribution in [2.45, 2.75) is 45.1 Å². The minimum absolute atomic E-state index is 0. The molecule has 0 atom stereocenters. The van der Waals surface area contributed by atoms with E-state index in [-0.39, 0.29) is 30.7 Å². The molecule has 0 bridgehead atoms. The Morgan fingerprint density at radius 3 is 2.34 bits per heavy atom. The minimum Gasteiger partial charge on any atom is -0.497 e. The van der Waals surface area contributed by atoms with Gasteiger partial charge in [-0.1, -0.05) is 12.1 Å². The molecule has 0 spiro atoms. The third kappa shape index (κ3) is 9.12.